The van der Waals surface area contributed by atoms with Crippen molar-refractivity contribution in [3.63, 3.8) is 0 Å². The molecule has 1 saturated heterocycles. The number of carboxylic acids is 1. The highest BCUT2D eigenvalue weighted by molar-refractivity contribution is 5.87. The van der Waals surface area contributed by atoms with Crippen molar-refractivity contribution in [3.8, 4) is 0 Å². The van der Waals surface area contributed by atoms with Gasteiger partial charge in [-0.25, -0.2) is 4.79 Å². The Morgan fingerprint density at radius 3 is 2.79 bits per heavy atom. The van der Waals surface area contributed by atoms with Gasteiger partial charge in [0.15, 0.2) is 0 Å². The molecular formula is C20H24N2O2. The average Bonchev–Trinajstić information content (AvgIpc) is 2.63. The fraction of sp³-hybridized carbons (Fsp3) is 0.400. The lowest BCUT2D eigenvalue weighted by molar-refractivity contribution is 0.0697. The lowest BCUT2D eigenvalue weighted by atomic mass is 9.90. The zero-order valence-corrected chi connectivity index (χ0v) is 13.9. The molecule has 1 atom stereocenters. The van der Waals surface area contributed by atoms with Crippen LogP contribution in [0.3, 0.4) is 0 Å². The summed E-state index contributed by atoms with van der Waals surface area (Å²) in [5, 5.41) is 9.01. The molecule has 0 radical (unpaired) electrons. The number of benzene rings is 1. The summed E-state index contributed by atoms with van der Waals surface area (Å²) in [5.41, 5.74) is 2.93. The first-order valence-corrected chi connectivity index (χ1v) is 8.67. The van der Waals surface area contributed by atoms with Crippen molar-refractivity contribution in [1.29, 1.82) is 0 Å². The van der Waals surface area contributed by atoms with Crippen LogP contribution in [0.5, 0.6) is 0 Å². The third-order valence-electron chi connectivity index (χ3n) is 4.80. The molecule has 2 heterocycles. The normalized spacial score (nSPS) is 18.4. The molecule has 4 heteroatoms. The summed E-state index contributed by atoms with van der Waals surface area (Å²) >= 11 is 0. The zero-order chi connectivity index (χ0) is 16.8. The molecule has 0 aliphatic carbocycles. The summed E-state index contributed by atoms with van der Waals surface area (Å²) in [5.74, 6) is -0.345. The van der Waals surface area contributed by atoms with Crippen LogP contribution < -0.4 is 0 Å². The number of piperidine rings is 1. The molecule has 24 heavy (non-hydrogen) atoms. The Hall–Kier alpha value is -2.20. The number of carbonyl (C=O) groups is 1. The Labute approximate surface area is 143 Å². The summed E-state index contributed by atoms with van der Waals surface area (Å²) in [6, 6.07) is 11.5. The van der Waals surface area contributed by atoms with Gasteiger partial charge in [0.1, 0.15) is 0 Å². The van der Waals surface area contributed by atoms with E-state index >= 15 is 0 Å². The first-order valence-electron chi connectivity index (χ1n) is 8.67. The topological polar surface area (TPSA) is 53.4 Å². The predicted octanol–water partition coefficient (Wildman–Crippen LogP) is 3.59. The maximum atomic E-state index is 11.0. The first-order chi connectivity index (χ1) is 11.7. The molecule has 2 aromatic rings. The van der Waals surface area contributed by atoms with Crippen LogP contribution in [0.15, 0.2) is 48.8 Å². The highest BCUT2D eigenvalue weighted by atomic mass is 16.4. The highest BCUT2D eigenvalue weighted by Gasteiger charge is 2.21. The van der Waals surface area contributed by atoms with Crippen LogP contribution in [0.1, 0.15) is 46.7 Å². The molecule has 4 nitrogen and oxygen atoms in total. The number of nitrogens with zero attached hydrogens (tertiary/aromatic N) is 2. The van der Waals surface area contributed by atoms with Gasteiger partial charge in [-0.15, -0.1) is 0 Å². The minimum Gasteiger partial charge on any atom is -0.478 e. The summed E-state index contributed by atoms with van der Waals surface area (Å²) in [4.78, 5) is 17.7. The summed E-state index contributed by atoms with van der Waals surface area (Å²) in [6.45, 7) is 3.34. The second-order valence-electron chi connectivity index (χ2n) is 6.53. The van der Waals surface area contributed by atoms with Crippen molar-refractivity contribution in [1.82, 2.24) is 9.88 Å². The Kier molecular flexibility index (Phi) is 5.59. The van der Waals surface area contributed by atoms with Crippen LogP contribution in [0, 0.1) is 0 Å². The van der Waals surface area contributed by atoms with Gasteiger partial charge in [-0.1, -0.05) is 18.2 Å². The fourth-order valence-electron chi connectivity index (χ4n) is 3.48. The fourth-order valence-corrected chi connectivity index (χ4v) is 3.48. The molecule has 1 aromatic carbocycles. The number of hydrogen-bond acceptors (Lipinski definition) is 3. The molecule has 0 unspecified atom stereocenters. The Bertz CT molecular complexity index is 655. The molecule has 3 rings (SSSR count). The third-order valence-corrected chi connectivity index (χ3v) is 4.80. The molecule has 126 valence electrons. The van der Waals surface area contributed by atoms with Gasteiger partial charge in [0.2, 0.25) is 0 Å². The van der Waals surface area contributed by atoms with Crippen LogP contribution in [-0.2, 0) is 6.42 Å². The van der Waals surface area contributed by atoms with Crippen molar-refractivity contribution in [2.75, 3.05) is 19.6 Å². The monoisotopic (exact) mass is 324 g/mol. The van der Waals surface area contributed by atoms with E-state index in [0.29, 0.717) is 11.5 Å². The van der Waals surface area contributed by atoms with E-state index in [4.69, 9.17) is 5.11 Å². The maximum Gasteiger partial charge on any atom is 0.335 e. The molecule has 1 aliphatic heterocycles. The summed E-state index contributed by atoms with van der Waals surface area (Å²) < 4.78 is 0. The number of pyridine rings is 1. The average molecular weight is 324 g/mol. The highest BCUT2D eigenvalue weighted by Crippen LogP contribution is 2.27. The van der Waals surface area contributed by atoms with Gasteiger partial charge in [-0.3, -0.25) is 4.98 Å². The Morgan fingerprint density at radius 2 is 2.08 bits per heavy atom. The summed E-state index contributed by atoms with van der Waals surface area (Å²) in [6.07, 6.45) is 8.37. The van der Waals surface area contributed by atoms with E-state index in [-0.39, 0.29) is 0 Å². The van der Waals surface area contributed by atoms with Gasteiger partial charge >= 0.3 is 5.97 Å². The van der Waals surface area contributed by atoms with E-state index in [1.54, 1.807) is 12.1 Å². The van der Waals surface area contributed by atoms with Crippen LogP contribution in [0.25, 0.3) is 0 Å². The van der Waals surface area contributed by atoms with E-state index in [1.165, 1.54) is 24.0 Å². The molecule has 1 N–H and O–H groups in total. The minimum absolute atomic E-state index is 0.364. The smallest absolute Gasteiger partial charge is 0.335 e. The van der Waals surface area contributed by atoms with Crippen molar-refractivity contribution >= 4 is 5.97 Å². The largest absolute Gasteiger partial charge is 0.478 e. The molecule has 0 amide bonds. The molecule has 0 saturated carbocycles. The number of aryl methyl sites for hydroxylation is 1. The van der Waals surface area contributed by atoms with Crippen LogP contribution >= 0.6 is 0 Å². The van der Waals surface area contributed by atoms with Crippen molar-refractivity contribution in [2.24, 2.45) is 0 Å². The van der Waals surface area contributed by atoms with Gasteiger partial charge < -0.3 is 10.0 Å². The summed E-state index contributed by atoms with van der Waals surface area (Å²) in [7, 11) is 0. The number of rotatable bonds is 6. The van der Waals surface area contributed by atoms with Crippen LogP contribution in [0.2, 0.25) is 0 Å². The zero-order valence-electron chi connectivity index (χ0n) is 13.9. The van der Waals surface area contributed by atoms with E-state index < -0.39 is 5.97 Å². The van der Waals surface area contributed by atoms with Crippen molar-refractivity contribution in [2.45, 2.75) is 31.6 Å². The minimum atomic E-state index is -0.859. The molecule has 1 aliphatic rings. The standard InChI is InChI=1S/C20H24N2O2/c23-20(24)18-9-7-17(8-10-18)19-6-3-13-22(15-19)12-2-5-16-4-1-11-21-14-16/h1,4,7-11,14,19H,2-3,5-6,12-13,15H2,(H,23,24)/t19-/m1/s1. The second-order valence-corrected chi connectivity index (χ2v) is 6.53. The van der Waals surface area contributed by atoms with Gasteiger partial charge in [0, 0.05) is 18.9 Å². The maximum absolute atomic E-state index is 11.0. The number of likely N-dealkylation sites (tertiary alicyclic amines) is 1. The SMILES string of the molecule is O=C(O)c1ccc([C@@H]2CCCN(CCCc3cccnc3)C2)cc1. The quantitative estimate of drug-likeness (QED) is 0.882. The van der Waals surface area contributed by atoms with E-state index in [9.17, 15) is 4.79 Å². The van der Waals surface area contributed by atoms with Gasteiger partial charge in [-0.05, 0) is 74.0 Å². The number of aromatic nitrogens is 1. The molecular weight excluding hydrogens is 300 g/mol. The van der Waals surface area contributed by atoms with Crippen molar-refractivity contribution < 1.29 is 9.90 Å². The van der Waals surface area contributed by atoms with E-state index in [1.807, 2.05) is 30.6 Å². The molecule has 1 fully saturated rings. The molecule has 1 aromatic heterocycles. The second kappa shape index (κ2) is 8.06. The van der Waals surface area contributed by atoms with Gasteiger partial charge in [0.05, 0.1) is 5.56 Å². The molecule has 0 spiro atoms. The van der Waals surface area contributed by atoms with Gasteiger partial charge in [0.25, 0.3) is 0 Å². The van der Waals surface area contributed by atoms with Crippen LogP contribution in [0.4, 0.5) is 0 Å². The lowest BCUT2D eigenvalue weighted by Gasteiger charge is -2.33. The third kappa shape index (κ3) is 4.42. The Morgan fingerprint density at radius 1 is 1.25 bits per heavy atom. The van der Waals surface area contributed by atoms with E-state index in [2.05, 4.69) is 16.0 Å². The van der Waals surface area contributed by atoms with Gasteiger partial charge in [-0.2, -0.15) is 0 Å². The first kappa shape index (κ1) is 16.7. The molecule has 0 bridgehead atoms. The van der Waals surface area contributed by atoms with Crippen molar-refractivity contribution in [3.05, 3.63) is 65.5 Å². The number of carboxylic acid groups (broad SMARTS) is 1. The number of aromatic carboxylic acids is 1. The van der Waals surface area contributed by atoms with E-state index in [0.717, 1.165) is 32.5 Å². The van der Waals surface area contributed by atoms with Crippen LogP contribution in [-0.4, -0.2) is 40.6 Å². The lowest BCUT2D eigenvalue weighted by Crippen LogP contribution is -2.35. The predicted molar refractivity (Wildman–Crippen MR) is 94.4 cm³/mol. The number of hydrogen-bond donors (Lipinski definition) is 1. The Balaban J connectivity index is 1.51.